The fourth-order valence-corrected chi connectivity index (χ4v) is 4.35. The van der Waals surface area contributed by atoms with Crippen LogP contribution in [0.5, 0.6) is 5.75 Å². The Hall–Kier alpha value is -3.07. The maximum absolute atomic E-state index is 13.0. The molecule has 2 amide bonds. The predicted octanol–water partition coefficient (Wildman–Crippen LogP) is 2.11. The highest BCUT2D eigenvalue weighted by atomic mass is 32.2. The number of carbonyl (C=O) groups is 2. The molecule has 1 N–H and O–H groups in total. The minimum absolute atomic E-state index is 0.00893. The van der Waals surface area contributed by atoms with Gasteiger partial charge in [-0.25, -0.2) is 8.42 Å². The van der Waals surface area contributed by atoms with Crippen LogP contribution in [0.25, 0.3) is 0 Å². The van der Waals surface area contributed by atoms with Crippen molar-refractivity contribution in [3.05, 3.63) is 53.6 Å². The highest BCUT2D eigenvalue weighted by molar-refractivity contribution is 7.92. The van der Waals surface area contributed by atoms with Crippen LogP contribution >= 0.6 is 0 Å². The lowest BCUT2D eigenvalue weighted by Gasteiger charge is -2.34. The van der Waals surface area contributed by atoms with Gasteiger partial charge in [-0.3, -0.25) is 14.3 Å². The Morgan fingerprint density at radius 1 is 0.967 bits per heavy atom. The molecule has 2 aromatic rings. The highest BCUT2D eigenvalue weighted by Gasteiger charge is 2.25. The summed E-state index contributed by atoms with van der Waals surface area (Å²) < 4.78 is 33.2. The van der Waals surface area contributed by atoms with Crippen LogP contribution in [-0.2, 0) is 14.8 Å². The van der Waals surface area contributed by atoms with Crippen molar-refractivity contribution in [1.82, 2.24) is 9.80 Å². The van der Waals surface area contributed by atoms with E-state index in [2.05, 4.69) is 4.72 Å². The quantitative estimate of drug-likeness (QED) is 0.782. The summed E-state index contributed by atoms with van der Waals surface area (Å²) in [6, 6.07) is 11.0. The van der Waals surface area contributed by atoms with E-state index in [0.717, 1.165) is 0 Å². The van der Waals surface area contributed by atoms with Crippen LogP contribution in [0.15, 0.2) is 47.4 Å². The third-order valence-corrected chi connectivity index (χ3v) is 6.48. The van der Waals surface area contributed by atoms with E-state index in [1.165, 1.54) is 26.2 Å². The van der Waals surface area contributed by atoms with Crippen LogP contribution < -0.4 is 9.46 Å². The van der Waals surface area contributed by atoms with Crippen molar-refractivity contribution in [3.8, 4) is 5.75 Å². The van der Waals surface area contributed by atoms with Crippen molar-refractivity contribution < 1.29 is 22.7 Å². The molecule has 1 saturated heterocycles. The zero-order valence-corrected chi connectivity index (χ0v) is 18.0. The number of nitrogens with one attached hydrogen (secondary N) is 1. The van der Waals surface area contributed by atoms with Gasteiger partial charge in [0.25, 0.3) is 15.9 Å². The average Bonchev–Trinajstić information content (AvgIpc) is 2.73. The minimum Gasteiger partial charge on any atom is -0.497 e. The number of methoxy groups -OCH3 is 1. The number of aryl methyl sites for hydroxylation is 1. The Morgan fingerprint density at radius 3 is 2.13 bits per heavy atom. The largest absolute Gasteiger partial charge is 0.497 e. The molecule has 1 heterocycles. The van der Waals surface area contributed by atoms with Crippen LogP contribution in [0.3, 0.4) is 0 Å². The molecule has 3 rings (SSSR count). The Kier molecular flexibility index (Phi) is 6.31. The van der Waals surface area contributed by atoms with Gasteiger partial charge in [-0.1, -0.05) is 6.07 Å². The summed E-state index contributed by atoms with van der Waals surface area (Å²) in [6.07, 6.45) is 0. The fraction of sp³-hybridized carbons (Fsp3) is 0.333. The summed E-state index contributed by atoms with van der Waals surface area (Å²) in [5.41, 5.74) is 1.42. The molecule has 1 aliphatic heterocycles. The monoisotopic (exact) mass is 431 g/mol. The number of hydrogen-bond donors (Lipinski definition) is 1. The first-order valence-corrected chi connectivity index (χ1v) is 11.0. The van der Waals surface area contributed by atoms with Gasteiger partial charge in [0.2, 0.25) is 5.91 Å². The van der Waals surface area contributed by atoms with Gasteiger partial charge >= 0.3 is 0 Å². The molecule has 0 atom stereocenters. The number of amides is 2. The SMILES string of the molecule is COc1ccc(NS(=O)(=O)c2ccc(C)c(C(=O)N3CCN(C(C)=O)CC3)c2)cc1. The molecule has 1 aliphatic rings. The van der Waals surface area contributed by atoms with Crippen LogP contribution in [0.2, 0.25) is 0 Å². The second-order valence-corrected chi connectivity index (χ2v) is 8.79. The lowest BCUT2D eigenvalue weighted by atomic mass is 10.1. The molecule has 0 radical (unpaired) electrons. The van der Waals surface area contributed by atoms with Crippen LogP contribution in [0.4, 0.5) is 5.69 Å². The number of hydrogen-bond acceptors (Lipinski definition) is 5. The van der Waals surface area contributed by atoms with Crippen molar-refractivity contribution in [2.24, 2.45) is 0 Å². The summed E-state index contributed by atoms with van der Waals surface area (Å²) in [4.78, 5) is 27.8. The second kappa shape index (κ2) is 8.74. The van der Waals surface area contributed by atoms with E-state index in [1.807, 2.05) is 0 Å². The van der Waals surface area contributed by atoms with Gasteiger partial charge in [0.1, 0.15) is 5.75 Å². The topological polar surface area (TPSA) is 96.0 Å². The maximum atomic E-state index is 13.0. The molecule has 0 aromatic heterocycles. The van der Waals surface area contributed by atoms with E-state index in [9.17, 15) is 18.0 Å². The minimum atomic E-state index is -3.87. The van der Waals surface area contributed by atoms with Crippen LogP contribution in [-0.4, -0.2) is 63.3 Å². The molecule has 0 unspecified atom stereocenters. The van der Waals surface area contributed by atoms with Gasteiger partial charge in [0.05, 0.1) is 12.0 Å². The van der Waals surface area contributed by atoms with Crippen LogP contribution in [0, 0.1) is 6.92 Å². The summed E-state index contributed by atoms with van der Waals surface area (Å²) in [6.45, 7) is 5.05. The molecule has 0 aliphatic carbocycles. The number of carbonyl (C=O) groups excluding carboxylic acids is 2. The molecule has 0 bridgehead atoms. The molecule has 0 saturated carbocycles. The van der Waals surface area contributed by atoms with Crippen LogP contribution in [0.1, 0.15) is 22.8 Å². The van der Waals surface area contributed by atoms with E-state index in [0.29, 0.717) is 48.7 Å². The fourth-order valence-electron chi connectivity index (χ4n) is 3.27. The Balaban J connectivity index is 1.80. The summed E-state index contributed by atoms with van der Waals surface area (Å²) >= 11 is 0. The maximum Gasteiger partial charge on any atom is 0.261 e. The summed E-state index contributed by atoms with van der Waals surface area (Å²) in [5.74, 6) is 0.360. The van der Waals surface area contributed by atoms with E-state index < -0.39 is 10.0 Å². The lowest BCUT2D eigenvalue weighted by Crippen LogP contribution is -2.50. The normalized spacial score (nSPS) is 14.4. The Bertz CT molecular complexity index is 1040. The van der Waals surface area contributed by atoms with Crippen molar-refractivity contribution >= 4 is 27.5 Å². The first-order valence-electron chi connectivity index (χ1n) is 9.53. The van der Waals surface area contributed by atoms with E-state index in [-0.39, 0.29) is 16.7 Å². The average molecular weight is 432 g/mol. The van der Waals surface area contributed by atoms with Gasteiger partial charge in [0, 0.05) is 44.4 Å². The highest BCUT2D eigenvalue weighted by Crippen LogP contribution is 2.22. The number of sulfonamides is 1. The van der Waals surface area contributed by atoms with E-state index >= 15 is 0 Å². The van der Waals surface area contributed by atoms with E-state index in [4.69, 9.17) is 4.74 Å². The van der Waals surface area contributed by atoms with Gasteiger partial charge in [0.15, 0.2) is 0 Å². The molecule has 9 heteroatoms. The van der Waals surface area contributed by atoms with Crippen molar-refractivity contribution in [2.75, 3.05) is 38.0 Å². The number of ether oxygens (including phenoxy) is 1. The van der Waals surface area contributed by atoms with Crippen molar-refractivity contribution in [1.29, 1.82) is 0 Å². The zero-order chi connectivity index (χ0) is 21.9. The number of piperazine rings is 1. The molecule has 1 fully saturated rings. The van der Waals surface area contributed by atoms with Gasteiger partial charge in [-0.15, -0.1) is 0 Å². The number of anilines is 1. The van der Waals surface area contributed by atoms with Crippen molar-refractivity contribution in [3.63, 3.8) is 0 Å². The van der Waals surface area contributed by atoms with Gasteiger partial charge < -0.3 is 14.5 Å². The second-order valence-electron chi connectivity index (χ2n) is 7.11. The molecule has 160 valence electrons. The van der Waals surface area contributed by atoms with Crippen molar-refractivity contribution in [2.45, 2.75) is 18.7 Å². The molecule has 8 nitrogen and oxygen atoms in total. The third kappa shape index (κ3) is 4.73. The summed E-state index contributed by atoms with van der Waals surface area (Å²) in [7, 11) is -2.34. The standard InChI is InChI=1S/C21H25N3O5S/c1-15-4-9-19(30(27,28)22-17-5-7-18(29-3)8-6-17)14-20(15)21(26)24-12-10-23(11-13-24)16(2)25/h4-9,14,22H,10-13H2,1-3H3. The third-order valence-electron chi connectivity index (χ3n) is 5.10. The van der Waals surface area contributed by atoms with Gasteiger partial charge in [-0.05, 0) is 48.9 Å². The molecular weight excluding hydrogens is 406 g/mol. The Morgan fingerprint density at radius 2 is 1.57 bits per heavy atom. The molecule has 0 spiro atoms. The molecular formula is C21H25N3O5S. The zero-order valence-electron chi connectivity index (χ0n) is 17.2. The smallest absolute Gasteiger partial charge is 0.261 e. The first-order chi connectivity index (χ1) is 14.2. The molecule has 2 aromatic carbocycles. The number of nitrogens with zero attached hydrogens (tertiary/aromatic N) is 2. The molecule has 30 heavy (non-hydrogen) atoms. The number of rotatable bonds is 5. The first kappa shape index (κ1) is 21.6. The predicted molar refractivity (Wildman–Crippen MR) is 113 cm³/mol. The number of benzene rings is 2. The summed E-state index contributed by atoms with van der Waals surface area (Å²) in [5, 5.41) is 0. The lowest BCUT2D eigenvalue weighted by molar-refractivity contribution is -0.130. The van der Waals surface area contributed by atoms with Gasteiger partial charge in [-0.2, -0.15) is 0 Å². The van der Waals surface area contributed by atoms with E-state index in [1.54, 1.807) is 47.1 Å². The Labute approximate surface area is 176 Å².